The van der Waals surface area contributed by atoms with Gasteiger partial charge in [0.15, 0.2) is 0 Å². The van der Waals surface area contributed by atoms with Crippen LogP contribution in [0, 0.1) is 0 Å². The summed E-state index contributed by atoms with van der Waals surface area (Å²) in [4.78, 5) is 14.3. The molecule has 0 aromatic heterocycles. The average molecular weight is 230 g/mol. The molecule has 1 saturated heterocycles. The zero-order chi connectivity index (χ0) is 11.7. The maximum Gasteiger partial charge on any atom is 0.245 e. The molecule has 2 heterocycles. The number of hydrogen-bond acceptors (Lipinski definition) is 2. The molecule has 1 N–H and O–H groups in total. The standard InChI is InChI=1S/C14H18N2O/c17-14(16-9-3-4-10-16)13-8-7-11-5-1-2-6-12(11)15-13/h1-2,5-6,13,15H,3-4,7-10H2/t13-/m1/s1. The minimum atomic E-state index is -0.0111. The molecule has 2 aliphatic rings. The number of amides is 1. The molecular formula is C14H18N2O. The number of benzene rings is 1. The number of fused-ring (bicyclic) bond motifs is 1. The van der Waals surface area contributed by atoms with Gasteiger partial charge in [0.1, 0.15) is 6.04 Å². The van der Waals surface area contributed by atoms with Gasteiger partial charge < -0.3 is 10.2 Å². The number of rotatable bonds is 1. The van der Waals surface area contributed by atoms with Crippen LogP contribution in [0.5, 0.6) is 0 Å². The lowest BCUT2D eigenvalue weighted by Crippen LogP contribution is -2.43. The summed E-state index contributed by atoms with van der Waals surface area (Å²) in [7, 11) is 0. The molecule has 3 nitrogen and oxygen atoms in total. The fraction of sp³-hybridized carbons (Fsp3) is 0.500. The number of anilines is 1. The van der Waals surface area contributed by atoms with E-state index in [4.69, 9.17) is 0 Å². The van der Waals surface area contributed by atoms with Crippen molar-refractivity contribution in [2.45, 2.75) is 31.7 Å². The fourth-order valence-electron chi connectivity index (χ4n) is 2.78. The van der Waals surface area contributed by atoms with Crippen molar-refractivity contribution in [2.75, 3.05) is 18.4 Å². The van der Waals surface area contributed by atoms with Crippen molar-refractivity contribution >= 4 is 11.6 Å². The van der Waals surface area contributed by atoms with Gasteiger partial charge in [0, 0.05) is 18.8 Å². The molecule has 0 aliphatic carbocycles. The van der Waals surface area contributed by atoms with Crippen molar-refractivity contribution in [1.29, 1.82) is 0 Å². The third kappa shape index (κ3) is 2.02. The monoisotopic (exact) mass is 230 g/mol. The molecule has 90 valence electrons. The van der Waals surface area contributed by atoms with E-state index in [1.165, 1.54) is 5.56 Å². The number of carbonyl (C=O) groups excluding carboxylic acids is 1. The van der Waals surface area contributed by atoms with Crippen LogP contribution in [0.2, 0.25) is 0 Å². The van der Waals surface area contributed by atoms with Gasteiger partial charge in [-0.2, -0.15) is 0 Å². The number of nitrogens with one attached hydrogen (secondary N) is 1. The van der Waals surface area contributed by atoms with Gasteiger partial charge in [0.2, 0.25) is 5.91 Å². The second kappa shape index (κ2) is 4.40. The molecule has 3 heteroatoms. The van der Waals surface area contributed by atoms with E-state index in [0.29, 0.717) is 0 Å². The highest BCUT2D eigenvalue weighted by Crippen LogP contribution is 2.25. The van der Waals surface area contributed by atoms with Crippen LogP contribution in [0.1, 0.15) is 24.8 Å². The van der Waals surface area contributed by atoms with Crippen molar-refractivity contribution in [2.24, 2.45) is 0 Å². The third-order valence-corrected chi connectivity index (χ3v) is 3.77. The van der Waals surface area contributed by atoms with Gasteiger partial charge in [0.05, 0.1) is 0 Å². The lowest BCUT2D eigenvalue weighted by Gasteiger charge is -2.29. The molecule has 1 aromatic carbocycles. The van der Waals surface area contributed by atoms with Gasteiger partial charge in [-0.3, -0.25) is 4.79 Å². The first kappa shape index (κ1) is 10.6. The third-order valence-electron chi connectivity index (χ3n) is 3.77. The molecular weight excluding hydrogens is 212 g/mol. The Hall–Kier alpha value is -1.51. The Balaban J connectivity index is 1.73. The number of para-hydroxylation sites is 1. The van der Waals surface area contributed by atoms with E-state index in [2.05, 4.69) is 23.5 Å². The van der Waals surface area contributed by atoms with E-state index in [1.54, 1.807) is 0 Å². The van der Waals surface area contributed by atoms with E-state index in [1.807, 2.05) is 11.0 Å². The van der Waals surface area contributed by atoms with Gasteiger partial charge in [-0.15, -0.1) is 0 Å². The fourth-order valence-corrected chi connectivity index (χ4v) is 2.78. The predicted octanol–water partition coefficient (Wildman–Crippen LogP) is 2.04. The molecule has 0 saturated carbocycles. The van der Waals surface area contributed by atoms with Crippen molar-refractivity contribution in [1.82, 2.24) is 4.90 Å². The zero-order valence-electron chi connectivity index (χ0n) is 9.98. The molecule has 0 spiro atoms. The SMILES string of the molecule is O=C([C@H]1CCc2ccccc2N1)N1CCCC1. The Kier molecular flexibility index (Phi) is 2.75. The van der Waals surface area contributed by atoms with Gasteiger partial charge in [-0.05, 0) is 37.3 Å². The van der Waals surface area contributed by atoms with Gasteiger partial charge in [-0.25, -0.2) is 0 Å². The molecule has 1 fully saturated rings. The van der Waals surface area contributed by atoms with E-state index >= 15 is 0 Å². The molecule has 1 atom stereocenters. The maximum atomic E-state index is 12.3. The van der Waals surface area contributed by atoms with Crippen molar-refractivity contribution < 1.29 is 4.79 Å². The highest BCUT2D eigenvalue weighted by atomic mass is 16.2. The number of carbonyl (C=O) groups is 1. The Bertz CT molecular complexity index is 424. The van der Waals surface area contributed by atoms with Crippen LogP contribution in [0.15, 0.2) is 24.3 Å². The van der Waals surface area contributed by atoms with Crippen LogP contribution in [0.3, 0.4) is 0 Å². The van der Waals surface area contributed by atoms with Gasteiger partial charge >= 0.3 is 0 Å². The number of nitrogens with zero attached hydrogens (tertiary/aromatic N) is 1. The minimum absolute atomic E-state index is 0.0111. The molecule has 2 aliphatic heterocycles. The van der Waals surface area contributed by atoms with E-state index in [0.717, 1.165) is 44.5 Å². The highest BCUT2D eigenvalue weighted by Gasteiger charge is 2.28. The minimum Gasteiger partial charge on any atom is -0.373 e. The second-order valence-electron chi connectivity index (χ2n) is 4.93. The lowest BCUT2D eigenvalue weighted by atomic mass is 9.97. The summed E-state index contributed by atoms with van der Waals surface area (Å²) in [5.41, 5.74) is 2.47. The summed E-state index contributed by atoms with van der Waals surface area (Å²) in [5.74, 6) is 0.289. The highest BCUT2D eigenvalue weighted by molar-refractivity contribution is 5.85. The molecule has 3 rings (SSSR count). The first-order valence-electron chi connectivity index (χ1n) is 6.48. The van der Waals surface area contributed by atoms with Crippen LogP contribution >= 0.6 is 0 Å². The summed E-state index contributed by atoms with van der Waals surface area (Å²) in [6, 6.07) is 8.28. The van der Waals surface area contributed by atoms with Crippen molar-refractivity contribution in [3.63, 3.8) is 0 Å². The van der Waals surface area contributed by atoms with Crippen LogP contribution in [0.25, 0.3) is 0 Å². The van der Waals surface area contributed by atoms with Crippen LogP contribution in [-0.2, 0) is 11.2 Å². The summed E-state index contributed by atoms with van der Waals surface area (Å²) in [5, 5.41) is 3.38. The quantitative estimate of drug-likeness (QED) is 0.800. The van der Waals surface area contributed by atoms with Crippen molar-refractivity contribution in [3.05, 3.63) is 29.8 Å². The number of hydrogen-bond donors (Lipinski definition) is 1. The normalized spacial score (nSPS) is 23.1. The largest absolute Gasteiger partial charge is 0.373 e. The Morgan fingerprint density at radius 1 is 1.24 bits per heavy atom. The Morgan fingerprint density at radius 2 is 2.00 bits per heavy atom. The predicted molar refractivity (Wildman–Crippen MR) is 68.0 cm³/mol. The summed E-state index contributed by atoms with van der Waals surface area (Å²) < 4.78 is 0. The first-order chi connectivity index (χ1) is 8.34. The summed E-state index contributed by atoms with van der Waals surface area (Å²) in [6.45, 7) is 1.89. The average Bonchev–Trinajstić information content (AvgIpc) is 2.91. The van der Waals surface area contributed by atoms with E-state index < -0.39 is 0 Å². The van der Waals surface area contributed by atoms with Crippen molar-refractivity contribution in [3.8, 4) is 0 Å². The van der Waals surface area contributed by atoms with Crippen LogP contribution in [0.4, 0.5) is 5.69 Å². The molecule has 1 aromatic rings. The molecule has 1 amide bonds. The summed E-state index contributed by atoms with van der Waals surface area (Å²) >= 11 is 0. The summed E-state index contributed by atoms with van der Waals surface area (Å²) in [6.07, 6.45) is 4.25. The maximum absolute atomic E-state index is 12.3. The Labute approximate surface area is 102 Å². The molecule has 0 radical (unpaired) electrons. The molecule has 17 heavy (non-hydrogen) atoms. The second-order valence-corrected chi connectivity index (χ2v) is 4.93. The van der Waals surface area contributed by atoms with Gasteiger partial charge in [0.25, 0.3) is 0 Å². The van der Waals surface area contributed by atoms with Gasteiger partial charge in [-0.1, -0.05) is 18.2 Å². The number of likely N-dealkylation sites (tertiary alicyclic amines) is 1. The first-order valence-corrected chi connectivity index (χ1v) is 6.48. The van der Waals surface area contributed by atoms with E-state index in [-0.39, 0.29) is 11.9 Å². The van der Waals surface area contributed by atoms with Crippen LogP contribution < -0.4 is 5.32 Å². The Morgan fingerprint density at radius 3 is 2.82 bits per heavy atom. The zero-order valence-corrected chi connectivity index (χ0v) is 9.98. The molecule has 0 bridgehead atoms. The topological polar surface area (TPSA) is 32.3 Å². The lowest BCUT2D eigenvalue weighted by molar-refractivity contribution is -0.131. The van der Waals surface area contributed by atoms with E-state index in [9.17, 15) is 4.79 Å². The smallest absolute Gasteiger partial charge is 0.245 e. The van der Waals surface area contributed by atoms with Crippen LogP contribution in [-0.4, -0.2) is 29.9 Å². The number of aryl methyl sites for hydroxylation is 1. The molecule has 0 unspecified atom stereocenters.